The quantitative estimate of drug-likeness (QED) is 0.554. The van der Waals surface area contributed by atoms with Gasteiger partial charge in [-0.15, -0.1) is 0 Å². The van der Waals surface area contributed by atoms with Crippen LogP contribution in [0.2, 0.25) is 0 Å². The monoisotopic (exact) mass is 218 g/mol. The van der Waals surface area contributed by atoms with E-state index in [2.05, 4.69) is 4.99 Å². The summed E-state index contributed by atoms with van der Waals surface area (Å²) < 4.78 is 21.6. The fraction of sp³-hybridized carbons (Fsp3) is 0.889. The molecule has 0 aromatic rings. The van der Waals surface area contributed by atoms with Crippen molar-refractivity contribution in [1.82, 2.24) is 0 Å². The Kier molecular flexibility index (Phi) is 3.92. The zero-order chi connectivity index (χ0) is 10.6. The number of sulfone groups is 1. The molecule has 2 N–H and O–H groups in total. The molecule has 0 bridgehead atoms. The van der Waals surface area contributed by atoms with Crippen LogP contribution in [0.3, 0.4) is 0 Å². The van der Waals surface area contributed by atoms with E-state index in [9.17, 15) is 8.42 Å². The predicted molar refractivity (Wildman–Crippen MR) is 58.2 cm³/mol. The third-order valence-corrected chi connectivity index (χ3v) is 3.45. The smallest absolute Gasteiger partial charge is 0.149 e. The molecule has 5 heteroatoms. The summed E-state index contributed by atoms with van der Waals surface area (Å²) in [6.07, 6.45) is 5.86. The van der Waals surface area contributed by atoms with Gasteiger partial charge in [0, 0.05) is 12.2 Å². The number of rotatable bonds is 4. The topological polar surface area (TPSA) is 72.5 Å². The molecule has 4 nitrogen and oxygen atoms in total. The van der Waals surface area contributed by atoms with Crippen molar-refractivity contribution in [3.05, 3.63) is 0 Å². The summed E-state index contributed by atoms with van der Waals surface area (Å²) in [6.45, 7) is 0.307. The van der Waals surface area contributed by atoms with Gasteiger partial charge < -0.3 is 5.73 Å². The maximum Gasteiger partial charge on any atom is 0.149 e. The van der Waals surface area contributed by atoms with E-state index in [1.807, 2.05) is 0 Å². The van der Waals surface area contributed by atoms with Crippen LogP contribution in [0.4, 0.5) is 0 Å². The second kappa shape index (κ2) is 4.77. The lowest BCUT2D eigenvalue weighted by Crippen LogP contribution is -2.22. The van der Waals surface area contributed by atoms with Gasteiger partial charge in [-0.25, -0.2) is 8.42 Å². The van der Waals surface area contributed by atoms with Crippen molar-refractivity contribution < 1.29 is 8.42 Å². The molecule has 0 amide bonds. The molecule has 0 spiro atoms. The Hall–Kier alpha value is -0.580. The van der Waals surface area contributed by atoms with E-state index < -0.39 is 9.84 Å². The summed E-state index contributed by atoms with van der Waals surface area (Å²) in [5, 5.41) is 0. The van der Waals surface area contributed by atoms with Gasteiger partial charge in [-0.3, -0.25) is 4.99 Å². The summed E-state index contributed by atoms with van der Waals surface area (Å²) in [7, 11) is -2.91. The molecule has 0 heterocycles. The summed E-state index contributed by atoms with van der Waals surface area (Å²) in [6, 6.07) is 0. The standard InChI is InChI=1S/C9H18N2O2S/c1-14(12,13)7-6-11-9(10)8-4-2-3-5-8/h8H,2-7H2,1H3,(H2,10,11). The molecule has 0 atom stereocenters. The van der Waals surface area contributed by atoms with Gasteiger partial charge in [0.1, 0.15) is 9.84 Å². The van der Waals surface area contributed by atoms with Crippen LogP contribution >= 0.6 is 0 Å². The second-order valence-corrected chi connectivity index (χ2v) is 6.18. The summed E-state index contributed by atoms with van der Waals surface area (Å²) in [4.78, 5) is 4.11. The summed E-state index contributed by atoms with van der Waals surface area (Å²) in [5.41, 5.74) is 5.76. The van der Waals surface area contributed by atoms with Crippen molar-refractivity contribution >= 4 is 15.7 Å². The lowest BCUT2D eigenvalue weighted by Gasteiger charge is -2.07. The molecule has 82 valence electrons. The maximum absolute atomic E-state index is 10.8. The van der Waals surface area contributed by atoms with Crippen LogP contribution < -0.4 is 5.73 Å². The highest BCUT2D eigenvalue weighted by molar-refractivity contribution is 7.90. The molecular formula is C9H18N2O2S. The van der Waals surface area contributed by atoms with E-state index >= 15 is 0 Å². The van der Waals surface area contributed by atoms with Gasteiger partial charge in [0.25, 0.3) is 0 Å². The number of hydrogen-bond acceptors (Lipinski definition) is 3. The molecule has 1 aliphatic rings. The van der Waals surface area contributed by atoms with Crippen LogP contribution in [-0.4, -0.2) is 32.8 Å². The lowest BCUT2D eigenvalue weighted by atomic mass is 10.1. The molecule has 1 aliphatic carbocycles. The molecule has 0 aliphatic heterocycles. The molecule has 0 radical (unpaired) electrons. The molecule has 0 unspecified atom stereocenters. The number of nitrogens with two attached hydrogens (primary N) is 1. The van der Waals surface area contributed by atoms with Crippen LogP contribution in [0.5, 0.6) is 0 Å². The first kappa shape index (κ1) is 11.5. The minimum absolute atomic E-state index is 0.0976. The van der Waals surface area contributed by atoms with Crippen molar-refractivity contribution in [2.45, 2.75) is 25.7 Å². The fourth-order valence-corrected chi connectivity index (χ4v) is 2.11. The van der Waals surface area contributed by atoms with Gasteiger partial charge in [0.05, 0.1) is 18.1 Å². The SMILES string of the molecule is CS(=O)(=O)CCN=C(N)C1CCCC1. The van der Waals surface area contributed by atoms with Crippen molar-refractivity contribution in [2.75, 3.05) is 18.6 Å². The van der Waals surface area contributed by atoms with Crippen molar-refractivity contribution in [1.29, 1.82) is 0 Å². The molecule has 1 fully saturated rings. The van der Waals surface area contributed by atoms with Crippen LogP contribution in [0, 0.1) is 5.92 Å². The van der Waals surface area contributed by atoms with Crippen molar-refractivity contribution in [3.63, 3.8) is 0 Å². The first-order valence-corrected chi connectivity index (χ1v) is 7.02. The van der Waals surface area contributed by atoms with Crippen molar-refractivity contribution in [3.8, 4) is 0 Å². The highest BCUT2D eigenvalue weighted by Crippen LogP contribution is 2.24. The normalized spacial score (nSPS) is 20.2. The van der Waals surface area contributed by atoms with E-state index in [1.165, 1.54) is 19.1 Å². The van der Waals surface area contributed by atoms with Gasteiger partial charge in [-0.1, -0.05) is 12.8 Å². The number of nitrogens with zero attached hydrogens (tertiary/aromatic N) is 1. The Morgan fingerprint density at radius 1 is 1.43 bits per heavy atom. The average molecular weight is 218 g/mol. The highest BCUT2D eigenvalue weighted by Gasteiger charge is 2.18. The number of aliphatic imine (C=N–C) groups is 1. The lowest BCUT2D eigenvalue weighted by molar-refractivity contribution is 0.601. The van der Waals surface area contributed by atoms with Crippen LogP contribution in [0.15, 0.2) is 4.99 Å². The van der Waals surface area contributed by atoms with Gasteiger partial charge in [-0.2, -0.15) is 0 Å². The van der Waals surface area contributed by atoms with E-state index in [0.717, 1.165) is 12.8 Å². The largest absolute Gasteiger partial charge is 0.387 e. The molecule has 1 saturated carbocycles. The predicted octanol–water partition coefficient (Wildman–Crippen LogP) is 0.578. The number of amidine groups is 1. The molecule has 0 aromatic carbocycles. The Morgan fingerprint density at radius 3 is 2.50 bits per heavy atom. The molecule has 0 aromatic heterocycles. The fourth-order valence-electron chi connectivity index (χ4n) is 1.69. The third-order valence-electron chi connectivity index (χ3n) is 2.53. The van der Waals surface area contributed by atoms with Crippen LogP contribution in [0.25, 0.3) is 0 Å². The van der Waals surface area contributed by atoms with Gasteiger partial charge in [0.2, 0.25) is 0 Å². The molecule has 0 saturated heterocycles. The third kappa shape index (κ3) is 4.09. The minimum Gasteiger partial charge on any atom is -0.387 e. The first-order valence-electron chi connectivity index (χ1n) is 4.96. The Labute approximate surface area is 85.5 Å². The Morgan fingerprint density at radius 2 is 2.00 bits per heavy atom. The Bertz CT molecular complexity index is 303. The van der Waals surface area contributed by atoms with Gasteiger partial charge >= 0.3 is 0 Å². The van der Waals surface area contributed by atoms with E-state index in [0.29, 0.717) is 18.3 Å². The van der Waals surface area contributed by atoms with E-state index in [4.69, 9.17) is 5.73 Å². The zero-order valence-corrected chi connectivity index (χ0v) is 9.39. The molecular weight excluding hydrogens is 200 g/mol. The van der Waals surface area contributed by atoms with Gasteiger partial charge in [0.15, 0.2) is 0 Å². The van der Waals surface area contributed by atoms with E-state index in [-0.39, 0.29) is 5.75 Å². The van der Waals surface area contributed by atoms with Crippen LogP contribution in [-0.2, 0) is 9.84 Å². The minimum atomic E-state index is -2.91. The summed E-state index contributed by atoms with van der Waals surface area (Å²) in [5.74, 6) is 1.14. The Balaban J connectivity index is 2.36. The number of hydrogen-bond donors (Lipinski definition) is 1. The van der Waals surface area contributed by atoms with Crippen LogP contribution in [0.1, 0.15) is 25.7 Å². The van der Waals surface area contributed by atoms with E-state index in [1.54, 1.807) is 0 Å². The zero-order valence-electron chi connectivity index (χ0n) is 8.57. The van der Waals surface area contributed by atoms with Crippen molar-refractivity contribution in [2.24, 2.45) is 16.6 Å². The second-order valence-electron chi connectivity index (χ2n) is 3.92. The summed E-state index contributed by atoms with van der Waals surface area (Å²) >= 11 is 0. The van der Waals surface area contributed by atoms with Gasteiger partial charge in [-0.05, 0) is 12.8 Å². The maximum atomic E-state index is 10.8. The highest BCUT2D eigenvalue weighted by atomic mass is 32.2. The molecule has 1 rings (SSSR count). The average Bonchev–Trinajstić information content (AvgIpc) is 2.53. The molecule has 14 heavy (non-hydrogen) atoms. The first-order chi connectivity index (χ1) is 6.49.